The van der Waals surface area contributed by atoms with Crippen molar-refractivity contribution in [1.82, 2.24) is 0 Å². The molecule has 2 amide bonds. The molecule has 0 atom stereocenters. The molecule has 0 spiro atoms. The van der Waals surface area contributed by atoms with Crippen molar-refractivity contribution >= 4 is 45.8 Å². The van der Waals surface area contributed by atoms with E-state index in [4.69, 9.17) is 9.47 Å². The number of anilines is 2. The average molecular weight is 432 g/mol. The third-order valence-corrected chi connectivity index (χ3v) is 5.36. The van der Waals surface area contributed by atoms with Crippen molar-refractivity contribution in [3.63, 3.8) is 0 Å². The molecular weight excluding hydrogens is 408 g/mol. The van der Waals surface area contributed by atoms with Crippen molar-refractivity contribution < 1.29 is 28.7 Å². The molecule has 160 valence electrons. The lowest BCUT2D eigenvalue weighted by Gasteiger charge is -2.07. The fourth-order valence-corrected chi connectivity index (χ4v) is 3.61. The highest BCUT2D eigenvalue weighted by atomic mass is 32.1. The van der Waals surface area contributed by atoms with E-state index >= 15 is 0 Å². The summed E-state index contributed by atoms with van der Waals surface area (Å²) in [4.78, 5) is 49.1. The molecule has 0 aliphatic carbocycles. The average Bonchev–Trinajstić information content (AvgIpc) is 3.04. The summed E-state index contributed by atoms with van der Waals surface area (Å²) in [5.74, 6) is -2.11. The molecule has 0 unspecified atom stereocenters. The number of hydrogen-bond acceptors (Lipinski definition) is 7. The molecule has 0 radical (unpaired) electrons. The summed E-state index contributed by atoms with van der Waals surface area (Å²) >= 11 is 0.999. The number of benzene rings is 1. The van der Waals surface area contributed by atoms with E-state index in [0.29, 0.717) is 16.8 Å². The fourth-order valence-electron chi connectivity index (χ4n) is 2.51. The van der Waals surface area contributed by atoms with Gasteiger partial charge >= 0.3 is 11.9 Å². The van der Waals surface area contributed by atoms with Gasteiger partial charge in [0.2, 0.25) is 5.91 Å². The lowest BCUT2D eigenvalue weighted by molar-refractivity contribution is -0.118. The normalized spacial score (nSPS) is 10.5. The van der Waals surface area contributed by atoms with Crippen LogP contribution in [-0.2, 0) is 14.3 Å². The van der Waals surface area contributed by atoms with Gasteiger partial charge in [-0.1, -0.05) is 13.8 Å². The summed E-state index contributed by atoms with van der Waals surface area (Å²) in [5.41, 5.74) is 1.40. The lowest BCUT2D eigenvalue weighted by atomic mass is 10.1. The van der Waals surface area contributed by atoms with Crippen molar-refractivity contribution in [2.24, 2.45) is 5.92 Å². The number of amides is 2. The third-order valence-electron chi connectivity index (χ3n) is 4.16. The minimum absolute atomic E-state index is 0.152. The van der Waals surface area contributed by atoms with E-state index in [9.17, 15) is 19.2 Å². The number of rotatable bonds is 7. The zero-order chi connectivity index (χ0) is 22.4. The summed E-state index contributed by atoms with van der Waals surface area (Å²) in [6.45, 7) is 7.05. The quantitative estimate of drug-likeness (QED) is 0.643. The minimum atomic E-state index is -0.638. The maximum atomic E-state index is 12.8. The van der Waals surface area contributed by atoms with Gasteiger partial charge in [-0.3, -0.25) is 9.59 Å². The SMILES string of the molecule is CCOC(=O)c1ccc(NC(=O)c2sc(NC(=O)C(C)C)c(C(=O)OC)c2C)cc1. The zero-order valence-corrected chi connectivity index (χ0v) is 18.3. The van der Waals surface area contributed by atoms with Crippen molar-refractivity contribution in [2.75, 3.05) is 24.4 Å². The molecule has 2 N–H and O–H groups in total. The monoisotopic (exact) mass is 432 g/mol. The van der Waals surface area contributed by atoms with E-state index in [1.165, 1.54) is 7.11 Å². The number of methoxy groups -OCH3 is 1. The van der Waals surface area contributed by atoms with Crippen LogP contribution in [0.15, 0.2) is 24.3 Å². The highest BCUT2D eigenvalue weighted by molar-refractivity contribution is 7.18. The first-order valence-corrected chi connectivity index (χ1v) is 10.1. The summed E-state index contributed by atoms with van der Waals surface area (Å²) in [7, 11) is 1.23. The van der Waals surface area contributed by atoms with E-state index in [-0.39, 0.29) is 33.9 Å². The Morgan fingerprint density at radius 2 is 1.67 bits per heavy atom. The Labute approximate surface area is 178 Å². The summed E-state index contributed by atoms with van der Waals surface area (Å²) < 4.78 is 9.74. The predicted octanol–water partition coefficient (Wildman–Crippen LogP) is 3.87. The molecule has 1 heterocycles. The Morgan fingerprint density at radius 1 is 1.03 bits per heavy atom. The van der Waals surface area contributed by atoms with Gasteiger partial charge in [0.15, 0.2) is 0 Å². The van der Waals surface area contributed by atoms with Gasteiger partial charge in [-0.05, 0) is 43.7 Å². The largest absolute Gasteiger partial charge is 0.465 e. The van der Waals surface area contributed by atoms with E-state index in [0.717, 1.165) is 11.3 Å². The molecule has 30 heavy (non-hydrogen) atoms. The van der Waals surface area contributed by atoms with E-state index in [2.05, 4.69) is 10.6 Å². The maximum absolute atomic E-state index is 12.8. The highest BCUT2D eigenvalue weighted by Crippen LogP contribution is 2.34. The van der Waals surface area contributed by atoms with Crippen LogP contribution in [0.4, 0.5) is 10.7 Å². The van der Waals surface area contributed by atoms with Crippen LogP contribution in [0.25, 0.3) is 0 Å². The number of carbonyl (C=O) groups excluding carboxylic acids is 4. The summed E-state index contributed by atoms with van der Waals surface area (Å²) in [6.07, 6.45) is 0. The number of nitrogens with one attached hydrogen (secondary N) is 2. The molecular formula is C21H24N2O6S. The molecule has 1 aromatic carbocycles. The molecule has 0 saturated heterocycles. The van der Waals surface area contributed by atoms with Crippen LogP contribution in [0, 0.1) is 12.8 Å². The first-order chi connectivity index (χ1) is 14.2. The first kappa shape index (κ1) is 23.1. The number of carbonyl (C=O) groups is 4. The highest BCUT2D eigenvalue weighted by Gasteiger charge is 2.27. The topological polar surface area (TPSA) is 111 Å². The number of thiophene rings is 1. The molecule has 8 nitrogen and oxygen atoms in total. The Kier molecular flexibility index (Phi) is 7.71. The predicted molar refractivity (Wildman–Crippen MR) is 114 cm³/mol. The Bertz CT molecular complexity index is 963. The fraction of sp³-hybridized carbons (Fsp3) is 0.333. The molecule has 0 saturated carbocycles. The van der Waals surface area contributed by atoms with Gasteiger partial charge in [0.05, 0.1) is 29.7 Å². The molecule has 0 aliphatic rings. The Hall–Kier alpha value is -3.20. The van der Waals surface area contributed by atoms with Crippen molar-refractivity contribution in [2.45, 2.75) is 27.7 Å². The lowest BCUT2D eigenvalue weighted by Crippen LogP contribution is -2.19. The van der Waals surface area contributed by atoms with Crippen molar-refractivity contribution in [3.05, 3.63) is 45.8 Å². The van der Waals surface area contributed by atoms with Crippen molar-refractivity contribution in [3.8, 4) is 0 Å². The minimum Gasteiger partial charge on any atom is -0.465 e. The summed E-state index contributed by atoms with van der Waals surface area (Å²) in [5, 5.41) is 5.67. The second kappa shape index (κ2) is 10.0. The zero-order valence-electron chi connectivity index (χ0n) is 17.5. The van der Waals surface area contributed by atoms with Crippen LogP contribution in [0.2, 0.25) is 0 Å². The smallest absolute Gasteiger partial charge is 0.341 e. The maximum Gasteiger partial charge on any atom is 0.341 e. The summed E-state index contributed by atoms with van der Waals surface area (Å²) in [6, 6.07) is 6.25. The van der Waals surface area contributed by atoms with Crippen molar-refractivity contribution in [1.29, 1.82) is 0 Å². The molecule has 0 aliphatic heterocycles. The standard InChI is InChI=1S/C21H24N2O6S/c1-6-29-20(26)13-7-9-14(10-8-13)22-18(25)16-12(4)15(21(27)28-5)19(30-16)23-17(24)11(2)3/h7-11H,6H2,1-5H3,(H,22,25)(H,23,24). The second-order valence-corrected chi connectivity index (χ2v) is 7.67. The molecule has 0 bridgehead atoms. The van der Waals surface area contributed by atoms with Gasteiger partial charge in [0.25, 0.3) is 5.91 Å². The Balaban J connectivity index is 2.28. The van der Waals surface area contributed by atoms with Gasteiger partial charge in [-0.15, -0.1) is 11.3 Å². The molecule has 1 aromatic heterocycles. The van der Waals surface area contributed by atoms with Crippen LogP contribution in [0.1, 0.15) is 56.7 Å². The van der Waals surface area contributed by atoms with Crippen LogP contribution >= 0.6 is 11.3 Å². The molecule has 2 aromatic rings. The van der Waals surface area contributed by atoms with E-state index in [1.54, 1.807) is 52.0 Å². The molecule has 0 fully saturated rings. The number of hydrogen-bond donors (Lipinski definition) is 2. The first-order valence-electron chi connectivity index (χ1n) is 9.30. The third kappa shape index (κ3) is 5.24. The number of ether oxygens (including phenoxy) is 2. The Morgan fingerprint density at radius 3 is 2.20 bits per heavy atom. The second-order valence-electron chi connectivity index (χ2n) is 6.65. The van der Waals surface area contributed by atoms with Gasteiger partial charge in [0, 0.05) is 11.6 Å². The van der Waals surface area contributed by atoms with Gasteiger partial charge in [-0.25, -0.2) is 9.59 Å². The van der Waals surface area contributed by atoms with E-state index < -0.39 is 17.8 Å². The van der Waals surface area contributed by atoms with E-state index in [1.807, 2.05) is 0 Å². The van der Waals surface area contributed by atoms with Crippen LogP contribution in [0.3, 0.4) is 0 Å². The van der Waals surface area contributed by atoms with Crippen LogP contribution in [0.5, 0.6) is 0 Å². The van der Waals surface area contributed by atoms with Crippen LogP contribution in [-0.4, -0.2) is 37.5 Å². The molecule has 2 rings (SSSR count). The van der Waals surface area contributed by atoms with Gasteiger partial charge in [-0.2, -0.15) is 0 Å². The molecule has 9 heteroatoms. The number of esters is 2. The van der Waals surface area contributed by atoms with Gasteiger partial charge < -0.3 is 20.1 Å². The van der Waals surface area contributed by atoms with Gasteiger partial charge in [0.1, 0.15) is 5.00 Å². The van der Waals surface area contributed by atoms with Crippen LogP contribution < -0.4 is 10.6 Å².